The van der Waals surface area contributed by atoms with Gasteiger partial charge in [0, 0.05) is 23.7 Å². The Morgan fingerprint density at radius 1 is 1.03 bits per heavy atom. The fraction of sp³-hybridized carbons (Fsp3) is 0.552. The van der Waals surface area contributed by atoms with E-state index in [1.807, 2.05) is 30.4 Å². The first-order valence-electron chi connectivity index (χ1n) is 12.8. The molecule has 6 heteroatoms. The Morgan fingerprint density at radius 2 is 1.80 bits per heavy atom. The molecule has 0 radical (unpaired) electrons. The number of benzene rings is 1. The topological polar surface area (TPSA) is 69.7 Å². The molecule has 0 unspecified atom stereocenters. The van der Waals surface area contributed by atoms with Crippen LogP contribution in [-0.2, 0) is 23.9 Å². The van der Waals surface area contributed by atoms with Gasteiger partial charge in [0.1, 0.15) is 5.41 Å². The van der Waals surface area contributed by atoms with E-state index in [0.717, 1.165) is 22.6 Å². The van der Waals surface area contributed by atoms with Crippen molar-refractivity contribution in [3.05, 3.63) is 53.5 Å². The van der Waals surface area contributed by atoms with Gasteiger partial charge in [-0.3, -0.25) is 14.4 Å². The molecule has 1 aliphatic carbocycles. The molecule has 0 aromatic heterocycles. The summed E-state index contributed by atoms with van der Waals surface area (Å²) in [5.74, 6) is -0.936. The number of ketones is 1. The van der Waals surface area contributed by atoms with E-state index in [0.29, 0.717) is 38.5 Å². The number of hydrogen-bond donors (Lipinski definition) is 0. The Balaban J connectivity index is 2.27. The third-order valence-electron chi connectivity index (χ3n) is 6.61. The van der Waals surface area contributed by atoms with Crippen LogP contribution in [0.25, 0.3) is 0 Å². The van der Waals surface area contributed by atoms with Crippen LogP contribution in [-0.4, -0.2) is 31.9 Å². The second kappa shape index (κ2) is 15.6. The predicted molar refractivity (Wildman–Crippen MR) is 141 cm³/mol. The number of thioether (sulfide) groups is 1. The number of hydrogen-bond acceptors (Lipinski definition) is 6. The molecule has 0 aliphatic heterocycles. The van der Waals surface area contributed by atoms with Gasteiger partial charge < -0.3 is 9.47 Å². The zero-order valence-corrected chi connectivity index (χ0v) is 22.2. The maximum Gasteiger partial charge on any atom is 0.320 e. The Morgan fingerprint density at radius 3 is 2.49 bits per heavy atom. The zero-order valence-electron chi connectivity index (χ0n) is 21.4. The molecular weight excluding hydrogens is 460 g/mol. The summed E-state index contributed by atoms with van der Waals surface area (Å²) in [6, 6.07) is 10.1. The van der Waals surface area contributed by atoms with E-state index in [2.05, 4.69) is 29.9 Å². The lowest BCUT2D eigenvalue weighted by Gasteiger charge is -2.32. The lowest BCUT2D eigenvalue weighted by Crippen LogP contribution is -2.42. The molecule has 2 rings (SSSR count). The van der Waals surface area contributed by atoms with Gasteiger partial charge in [0.25, 0.3) is 0 Å². The van der Waals surface area contributed by atoms with Gasteiger partial charge in [-0.25, -0.2) is 0 Å². The summed E-state index contributed by atoms with van der Waals surface area (Å²) in [5.41, 5.74) is -1.20. The number of carbonyl (C=O) groups is 3. The van der Waals surface area contributed by atoms with Crippen LogP contribution in [0.2, 0.25) is 0 Å². The van der Waals surface area contributed by atoms with Crippen LogP contribution in [0.1, 0.15) is 77.6 Å². The quantitative estimate of drug-likeness (QED) is 0.0844. The van der Waals surface area contributed by atoms with Gasteiger partial charge in [-0.15, -0.1) is 0 Å². The highest BCUT2D eigenvalue weighted by Crippen LogP contribution is 2.52. The predicted octanol–water partition coefficient (Wildman–Crippen LogP) is 7.06. The minimum Gasteiger partial charge on any atom is -0.469 e. The third kappa shape index (κ3) is 8.38. The Bertz CT molecular complexity index is 876. The van der Waals surface area contributed by atoms with Crippen LogP contribution in [0.5, 0.6) is 0 Å². The zero-order chi connectivity index (χ0) is 25.5. The summed E-state index contributed by atoms with van der Waals surface area (Å²) in [7, 11) is 2.75. The standard InChI is InChI=1S/C29H40O5S/c1-4-5-6-7-13-18-25(35-23-16-11-10-12-17-23)24-20-21-26(30)29(24,28(32)34-3)22-15-9-8-14-19-27(31)33-2/h9-12,15-18,24H,4-8,13-14,19-22H2,1-3H3/t24-,29-/m1/s1. The van der Waals surface area contributed by atoms with Crippen molar-refractivity contribution in [2.45, 2.75) is 82.4 Å². The second-order valence-electron chi connectivity index (χ2n) is 8.99. The minimum atomic E-state index is -1.20. The largest absolute Gasteiger partial charge is 0.469 e. The van der Waals surface area contributed by atoms with Gasteiger partial charge in [0.2, 0.25) is 0 Å². The number of esters is 2. The first-order valence-corrected chi connectivity index (χ1v) is 13.6. The number of unbranched alkanes of at least 4 members (excludes halogenated alkanes) is 5. The van der Waals surface area contributed by atoms with E-state index in [1.165, 1.54) is 33.5 Å². The van der Waals surface area contributed by atoms with Crippen LogP contribution < -0.4 is 0 Å². The van der Waals surface area contributed by atoms with E-state index in [9.17, 15) is 14.4 Å². The van der Waals surface area contributed by atoms with Crippen molar-refractivity contribution in [1.82, 2.24) is 0 Å². The highest BCUT2D eigenvalue weighted by atomic mass is 32.2. The molecule has 192 valence electrons. The van der Waals surface area contributed by atoms with Crippen LogP contribution >= 0.6 is 11.8 Å². The minimum absolute atomic E-state index is 0.0425. The van der Waals surface area contributed by atoms with Crippen LogP contribution in [0.15, 0.2) is 58.4 Å². The lowest BCUT2D eigenvalue weighted by molar-refractivity contribution is -0.158. The van der Waals surface area contributed by atoms with Crippen molar-refractivity contribution in [3.8, 4) is 0 Å². The summed E-state index contributed by atoms with van der Waals surface area (Å²) < 4.78 is 9.91. The van der Waals surface area contributed by atoms with Crippen LogP contribution in [0, 0.1) is 11.3 Å². The van der Waals surface area contributed by atoms with Gasteiger partial charge in [0.15, 0.2) is 5.78 Å². The molecule has 0 N–H and O–H groups in total. The Hall–Kier alpha value is -2.34. The molecule has 0 amide bonds. The molecule has 1 fully saturated rings. The average Bonchev–Trinajstić information content (AvgIpc) is 3.21. The van der Waals surface area contributed by atoms with Gasteiger partial charge in [-0.05, 0) is 55.6 Å². The molecule has 1 saturated carbocycles. The van der Waals surface area contributed by atoms with Gasteiger partial charge in [-0.1, -0.05) is 74.4 Å². The smallest absolute Gasteiger partial charge is 0.320 e. The van der Waals surface area contributed by atoms with Crippen molar-refractivity contribution in [2.75, 3.05) is 14.2 Å². The molecule has 0 spiro atoms. The summed E-state index contributed by atoms with van der Waals surface area (Å²) in [6.45, 7) is 2.20. The van der Waals surface area contributed by atoms with E-state index in [4.69, 9.17) is 4.74 Å². The maximum atomic E-state index is 13.3. The van der Waals surface area contributed by atoms with Crippen molar-refractivity contribution in [1.29, 1.82) is 0 Å². The molecule has 5 nitrogen and oxygen atoms in total. The molecule has 35 heavy (non-hydrogen) atoms. The Kier molecular flexibility index (Phi) is 12.9. The van der Waals surface area contributed by atoms with Crippen molar-refractivity contribution in [2.24, 2.45) is 11.3 Å². The van der Waals surface area contributed by atoms with Crippen molar-refractivity contribution < 1.29 is 23.9 Å². The maximum absolute atomic E-state index is 13.3. The summed E-state index contributed by atoms with van der Waals surface area (Å²) in [4.78, 5) is 40.0. The highest BCUT2D eigenvalue weighted by Gasteiger charge is 2.56. The molecule has 1 aromatic rings. The fourth-order valence-corrected chi connectivity index (χ4v) is 5.88. The molecule has 2 atom stereocenters. The Labute approximate surface area is 214 Å². The lowest BCUT2D eigenvalue weighted by atomic mass is 9.73. The number of allylic oxidation sites excluding steroid dienone is 4. The summed E-state index contributed by atoms with van der Waals surface area (Å²) in [6.07, 6.45) is 14.7. The molecular formula is C29H40O5S. The first-order chi connectivity index (χ1) is 17.0. The van der Waals surface area contributed by atoms with Crippen molar-refractivity contribution >= 4 is 29.5 Å². The monoisotopic (exact) mass is 500 g/mol. The number of rotatable bonds is 15. The number of carbonyl (C=O) groups excluding carboxylic acids is 3. The third-order valence-corrected chi connectivity index (χ3v) is 7.81. The molecule has 1 aliphatic rings. The van der Waals surface area contributed by atoms with E-state index < -0.39 is 11.4 Å². The molecule has 0 bridgehead atoms. The van der Waals surface area contributed by atoms with Crippen molar-refractivity contribution in [3.63, 3.8) is 0 Å². The average molecular weight is 501 g/mol. The first kappa shape index (κ1) is 28.9. The van der Waals surface area contributed by atoms with Crippen LogP contribution in [0.4, 0.5) is 0 Å². The molecule has 0 saturated heterocycles. The second-order valence-corrected chi connectivity index (χ2v) is 10.1. The van der Waals surface area contributed by atoms with Gasteiger partial charge in [0.05, 0.1) is 14.2 Å². The van der Waals surface area contributed by atoms with E-state index >= 15 is 0 Å². The number of ether oxygens (including phenoxy) is 2. The summed E-state index contributed by atoms with van der Waals surface area (Å²) in [5, 5.41) is 0. The van der Waals surface area contributed by atoms with Gasteiger partial charge >= 0.3 is 11.9 Å². The summed E-state index contributed by atoms with van der Waals surface area (Å²) >= 11 is 1.66. The fourth-order valence-electron chi connectivity index (χ4n) is 4.65. The molecule has 1 aromatic carbocycles. The number of Topliss-reactive ketones (excluding diaryl/α,β-unsaturated/α-hetero) is 1. The number of methoxy groups -OCH3 is 2. The normalized spacial score (nSPS) is 20.4. The highest BCUT2D eigenvalue weighted by molar-refractivity contribution is 8.03. The SMILES string of the molecule is CCCCCCC=C(Sc1ccccc1)[C@H]1CCC(=O)[C@]1(CC=CCCCC(=O)OC)C(=O)OC. The van der Waals surface area contributed by atoms with Crippen LogP contribution in [0.3, 0.4) is 0 Å². The van der Waals surface area contributed by atoms with Gasteiger partial charge in [-0.2, -0.15) is 0 Å². The van der Waals surface area contributed by atoms with E-state index in [-0.39, 0.29) is 17.7 Å². The molecule has 0 heterocycles. The van der Waals surface area contributed by atoms with E-state index in [1.54, 1.807) is 11.8 Å².